The van der Waals surface area contributed by atoms with Crippen LogP contribution in [0.5, 0.6) is 0 Å². The second-order valence-electron chi connectivity index (χ2n) is 6.57. The molecule has 1 amide bonds. The van der Waals surface area contributed by atoms with E-state index >= 15 is 0 Å². The molecule has 0 saturated carbocycles. The molecule has 2 aromatic rings. The van der Waals surface area contributed by atoms with E-state index in [4.69, 9.17) is 0 Å². The van der Waals surface area contributed by atoms with Crippen LogP contribution < -0.4 is 9.62 Å². The molecule has 0 radical (unpaired) electrons. The predicted molar refractivity (Wildman–Crippen MR) is 104 cm³/mol. The number of benzene rings is 1. The first-order valence-corrected chi connectivity index (χ1v) is 10.3. The first-order chi connectivity index (χ1) is 12.2. The molecule has 0 aliphatic rings. The zero-order valence-corrected chi connectivity index (χ0v) is 16.4. The van der Waals surface area contributed by atoms with Crippen LogP contribution in [-0.4, -0.2) is 32.1 Å². The minimum atomic E-state index is -3.61. The Morgan fingerprint density at radius 3 is 2.42 bits per heavy atom. The van der Waals surface area contributed by atoms with Gasteiger partial charge in [-0.25, -0.2) is 8.42 Å². The van der Waals surface area contributed by atoms with E-state index < -0.39 is 10.0 Å². The molecule has 0 aliphatic heterocycles. The smallest absolute Gasteiger partial charge is 0.241 e. The van der Waals surface area contributed by atoms with Gasteiger partial charge in [0.05, 0.1) is 11.9 Å². The van der Waals surface area contributed by atoms with Crippen LogP contribution >= 0.6 is 0 Å². The van der Waals surface area contributed by atoms with Crippen LogP contribution in [0.2, 0.25) is 0 Å². The number of hydrogen-bond acceptors (Lipinski definition) is 4. The van der Waals surface area contributed by atoms with Crippen molar-refractivity contribution >= 4 is 21.6 Å². The van der Waals surface area contributed by atoms with E-state index in [0.717, 1.165) is 22.9 Å². The Hall–Kier alpha value is -2.41. The van der Waals surface area contributed by atoms with Crippen LogP contribution in [0.1, 0.15) is 36.5 Å². The van der Waals surface area contributed by atoms with Crippen molar-refractivity contribution in [1.29, 1.82) is 0 Å². The highest BCUT2D eigenvalue weighted by Gasteiger charge is 2.25. The molecular weight excluding hydrogens is 350 g/mol. The number of para-hydroxylation sites is 1. The first-order valence-electron chi connectivity index (χ1n) is 8.43. The largest absolute Gasteiger partial charge is 0.350 e. The fraction of sp³-hybridized carbons (Fsp3) is 0.368. The molecule has 26 heavy (non-hydrogen) atoms. The average molecular weight is 375 g/mol. The highest BCUT2D eigenvalue weighted by atomic mass is 32.2. The number of aryl methyl sites for hydroxylation is 1. The molecule has 1 aromatic carbocycles. The summed E-state index contributed by atoms with van der Waals surface area (Å²) in [5, 5.41) is 2.77. The number of pyridine rings is 1. The summed E-state index contributed by atoms with van der Waals surface area (Å²) in [4.78, 5) is 16.3. The van der Waals surface area contributed by atoms with Crippen molar-refractivity contribution in [2.45, 2.75) is 33.2 Å². The molecule has 1 N–H and O–H groups in total. The molecule has 6 nitrogen and oxygen atoms in total. The molecule has 0 unspecified atom stereocenters. The SMILES string of the molecule is Cc1cccc(C(C)C)c1N(CC(=O)NCc1ccncc1)S(C)(=O)=O. The van der Waals surface area contributed by atoms with E-state index in [0.29, 0.717) is 12.2 Å². The topological polar surface area (TPSA) is 79.4 Å². The molecule has 0 aliphatic carbocycles. The first kappa shape index (κ1) is 19.9. The van der Waals surface area contributed by atoms with Crippen LogP contribution in [0.4, 0.5) is 5.69 Å². The lowest BCUT2D eigenvalue weighted by atomic mass is 9.98. The average Bonchev–Trinajstić information content (AvgIpc) is 2.58. The monoisotopic (exact) mass is 375 g/mol. The van der Waals surface area contributed by atoms with Gasteiger partial charge in [-0.15, -0.1) is 0 Å². The quantitative estimate of drug-likeness (QED) is 0.807. The van der Waals surface area contributed by atoms with Gasteiger partial charge in [0.15, 0.2) is 0 Å². The molecule has 0 saturated heterocycles. The van der Waals surface area contributed by atoms with Gasteiger partial charge < -0.3 is 5.32 Å². The Balaban J connectivity index is 2.26. The fourth-order valence-electron chi connectivity index (χ4n) is 2.74. The van der Waals surface area contributed by atoms with Gasteiger partial charge >= 0.3 is 0 Å². The summed E-state index contributed by atoms with van der Waals surface area (Å²) in [5.41, 5.74) is 3.21. The normalized spacial score (nSPS) is 11.4. The molecule has 140 valence electrons. The third-order valence-corrected chi connectivity index (χ3v) is 5.18. The second kappa shape index (κ2) is 8.31. The third-order valence-electron chi connectivity index (χ3n) is 4.07. The standard InChI is InChI=1S/C19H25N3O3S/c1-14(2)17-7-5-6-15(3)19(17)22(26(4,24)25)13-18(23)21-12-16-8-10-20-11-9-16/h5-11,14H,12-13H2,1-4H3,(H,21,23). The minimum Gasteiger partial charge on any atom is -0.350 e. The summed E-state index contributed by atoms with van der Waals surface area (Å²) in [7, 11) is -3.61. The van der Waals surface area contributed by atoms with Crippen molar-refractivity contribution in [2.75, 3.05) is 17.1 Å². The maximum absolute atomic E-state index is 12.4. The number of sulfonamides is 1. The van der Waals surface area contributed by atoms with E-state index in [-0.39, 0.29) is 18.4 Å². The molecule has 1 aromatic heterocycles. The molecule has 1 heterocycles. The van der Waals surface area contributed by atoms with Crippen LogP contribution in [0.25, 0.3) is 0 Å². The van der Waals surface area contributed by atoms with Crippen molar-refractivity contribution in [2.24, 2.45) is 0 Å². The highest BCUT2D eigenvalue weighted by molar-refractivity contribution is 7.92. The highest BCUT2D eigenvalue weighted by Crippen LogP contribution is 2.32. The van der Waals surface area contributed by atoms with Gasteiger partial charge in [0.25, 0.3) is 0 Å². The lowest BCUT2D eigenvalue weighted by Gasteiger charge is -2.27. The van der Waals surface area contributed by atoms with E-state index in [9.17, 15) is 13.2 Å². The van der Waals surface area contributed by atoms with Crippen LogP contribution in [0, 0.1) is 6.92 Å². The number of nitrogens with zero attached hydrogens (tertiary/aromatic N) is 2. The Labute approximate surface area is 155 Å². The van der Waals surface area contributed by atoms with Gasteiger partial charge in [0.2, 0.25) is 15.9 Å². The zero-order chi connectivity index (χ0) is 19.3. The van der Waals surface area contributed by atoms with E-state index in [1.807, 2.05) is 39.0 Å². The van der Waals surface area contributed by atoms with Crippen LogP contribution in [-0.2, 0) is 21.4 Å². The van der Waals surface area contributed by atoms with E-state index in [1.165, 1.54) is 4.31 Å². The summed E-state index contributed by atoms with van der Waals surface area (Å²) in [5.74, 6) is -0.223. The second-order valence-corrected chi connectivity index (χ2v) is 8.48. The van der Waals surface area contributed by atoms with Gasteiger partial charge in [-0.2, -0.15) is 0 Å². The van der Waals surface area contributed by atoms with Gasteiger partial charge in [-0.05, 0) is 41.7 Å². The molecule has 0 atom stereocenters. The number of hydrogen-bond donors (Lipinski definition) is 1. The number of amides is 1. The summed E-state index contributed by atoms with van der Waals surface area (Å²) >= 11 is 0. The molecule has 0 fully saturated rings. The summed E-state index contributed by atoms with van der Waals surface area (Å²) in [6.45, 7) is 5.93. The van der Waals surface area contributed by atoms with Gasteiger partial charge in [-0.1, -0.05) is 32.0 Å². The Morgan fingerprint density at radius 1 is 1.19 bits per heavy atom. The van der Waals surface area contributed by atoms with Crippen LogP contribution in [0.3, 0.4) is 0 Å². The fourth-order valence-corrected chi connectivity index (χ4v) is 3.67. The minimum absolute atomic E-state index is 0.133. The van der Waals surface area contributed by atoms with Gasteiger partial charge in [0, 0.05) is 18.9 Å². The lowest BCUT2D eigenvalue weighted by Crippen LogP contribution is -2.41. The van der Waals surface area contributed by atoms with Crippen LogP contribution in [0.15, 0.2) is 42.7 Å². The van der Waals surface area contributed by atoms with Crippen molar-refractivity contribution in [1.82, 2.24) is 10.3 Å². The Kier molecular flexibility index (Phi) is 6.37. The molecule has 0 bridgehead atoms. The lowest BCUT2D eigenvalue weighted by molar-refractivity contribution is -0.119. The summed E-state index contributed by atoms with van der Waals surface area (Å²) in [6, 6.07) is 9.26. The summed E-state index contributed by atoms with van der Waals surface area (Å²) < 4.78 is 26.0. The number of carbonyl (C=O) groups is 1. The zero-order valence-electron chi connectivity index (χ0n) is 15.6. The molecular formula is C19H25N3O3S. The van der Waals surface area contributed by atoms with Gasteiger partial charge in [0.1, 0.15) is 6.54 Å². The van der Waals surface area contributed by atoms with E-state index in [1.54, 1.807) is 24.5 Å². The maximum atomic E-state index is 12.4. The maximum Gasteiger partial charge on any atom is 0.241 e. The molecule has 0 spiro atoms. The van der Waals surface area contributed by atoms with Crippen molar-refractivity contribution in [3.8, 4) is 0 Å². The van der Waals surface area contributed by atoms with Crippen molar-refractivity contribution < 1.29 is 13.2 Å². The Morgan fingerprint density at radius 2 is 1.85 bits per heavy atom. The predicted octanol–water partition coefficient (Wildman–Crippen LogP) is 2.60. The van der Waals surface area contributed by atoms with Gasteiger partial charge in [-0.3, -0.25) is 14.1 Å². The van der Waals surface area contributed by atoms with Crippen molar-refractivity contribution in [3.63, 3.8) is 0 Å². The Bertz CT molecular complexity index is 865. The summed E-state index contributed by atoms with van der Waals surface area (Å²) in [6.07, 6.45) is 4.42. The number of rotatable bonds is 7. The van der Waals surface area contributed by atoms with E-state index in [2.05, 4.69) is 10.3 Å². The van der Waals surface area contributed by atoms with Crippen molar-refractivity contribution in [3.05, 3.63) is 59.4 Å². The number of anilines is 1. The number of carbonyl (C=O) groups excluding carboxylic acids is 1. The number of aromatic nitrogens is 1. The molecule has 2 rings (SSSR count). The number of nitrogens with one attached hydrogen (secondary N) is 1. The third kappa shape index (κ3) is 5.05. The molecule has 7 heteroatoms.